The van der Waals surface area contributed by atoms with Crippen molar-refractivity contribution >= 4 is 93.2 Å². The first-order valence-corrected chi connectivity index (χ1v) is 25.8. The number of amides is 1. The van der Waals surface area contributed by atoms with Crippen LogP contribution in [-0.2, 0) is 14.1 Å². The van der Waals surface area contributed by atoms with E-state index in [4.69, 9.17) is 88.2 Å². The van der Waals surface area contributed by atoms with Gasteiger partial charge in [0.25, 0.3) is 17.0 Å². The number of aryl methyl sites for hydroxylation is 2. The number of phenolic OH excluding ortho intramolecular Hbond substituents is 1. The molecule has 0 aliphatic heterocycles. The van der Waals surface area contributed by atoms with E-state index < -0.39 is 21.7 Å². The molecule has 1 amide bonds. The van der Waals surface area contributed by atoms with Crippen molar-refractivity contribution in [3.8, 4) is 40.2 Å². The Bertz CT molecular complexity index is 4000. The van der Waals surface area contributed by atoms with Gasteiger partial charge in [0.15, 0.2) is 23.8 Å². The summed E-state index contributed by atoms with van der Waals surface area (Å²) >= 11 is 28.4. The summed E-state index contributed by atoms with van der Waals surface area (Å²) in [5, 5.41) is 50.2. The lowest BCUT2D eigenvalue weighted by molar-refractivity contribution is -0.389. The van der Waals surface area contributed by atoms with Crippen molar-refractivity contribution in [1.29, 1.82) is 0 Å². The molecule has 0 fully saturated rings. The normalized spacial score (nSPS) is 9.85. The number of nitrogen functional groups attached to an aromatic ring is 1. The number of aromatic carboxylic acids is 1. The second-order valence-electron chi connectivity index (χ2n) is 16.3. The molecule has 0 saturated carbocycles. The molecule has 0 unspecified atom stereocenters. The predicted molar refractivity (Wildman–Crippen MR) is 321 cm³/mol. The van der Waals surface area contributed by atoms with Gasteiger partial charge in [-0.05, 0) is 141 Å². The number of phenols is 1. The van der Waals surface area contributed by atoms with E-state index in [1.165, 1.54) is 81.2 Å². The molecule has 0 spiro atoms. The van der Waals surface area contributed by atoms with Gasteiger partial charge in [-0.3, -0.25) is 14.4 Å². The first kappa shape index (κ1) is 66.2. The van der Waals surface area contributed by atoms with E-state index in [0.29, 0.717) is 71.2 Å². The fourth-order valence-electron chi connectivity index (χ4n) is 5.88. The number of pyridine rings is 4. The molecule has 0 aliphatic carbocycles. The van der Waals surface area contributed by atoms with Crippen LogP contribution in [0.4, 0.5) is 23.3 Å². The third kappa shape index (κ3) is 23.7. The fraction of sp³-hybridized carbons (Fsp3) is 0.0357. The predicted octanol–water partition coefficient (Wildman–Crippen LogP) is 12.6. The Kier molecular flexibility index (Phi) is 25.8. The highest BCUT2D eigenvalue weighted by atomic mass is 35.5. The van der Waals surface area contributed by atoms with E-state index in [9.17, 15) is 39.4 Å². The number of carboxylic acid groups (broad SMARTS) is 1. The van der Waals surface area contributed by atoms with Crippen LogP contribution in [0.2, 0.25) is 25.1 Å². The van der Waals surface area contributed by atoms with Crippen LogP contribution in [0.5, 0.6) is 40.2 Å². The van der Waals surface area contributed by atoms with E-state index in [0.717, 1.165) is 15.4 Å². The molecule has 30 heteroatoms. The van der Waals surface area contributed by atoms with Gasteiger partial charge in [-0.2, -0.15) is 10.2 Å². The molecule has 0 aliphatic rings. The number of nitrogens with one attached hydrogen (secondary N) is 1. The summed E-state index contributed by atoms with van der Waals surface area (Å²) in [5.74, 6) is 2.35. The van der Waals surface area contributed by atoms with Gasteiger partial charge >= 0.3 is 17.6 Å². The number of hydrogen-bond acceptors (Lipinski definition) is 19. The number of aromatic hydroxyl groups is 1. The van der Waals surface area contributed by atoms with Crippen LogP contribution in [0.15, 0.2) is 204 Å². The molecule has 0 radical (unpaired) electrons. The number of ether oxygens (including phenoxy) is 3. The molecule has 86 heavy (non-hydrogen) atoms. The van der Waals surface area contributed by atoms with E-state index in [1.807, 2.05) is 12.1 Å². The summed E-state index contributed by atoms with van der Waals surface area (Å²) in [7, 11) is 2.87. The number of halogens is 5. The summed E-state index contributed by atoms with van der Waals surface area (Å²) in [6.07, 6.45) is 5.57. The SMILES string of the molecule is Cn1nc(C(=O)Nc2ccc(Oc3cccc(Cl)c3)cn2)ccc1=O.Cn1nc(C(=O)O)ccc1=O.Nc1ccc(Oc2cccc(Cl)c2)cn1.O=[N+]([O-])c1ccc(Cl)cn1.O=[N+]([O-])c1ccc(Oc2cccc(Cl)c2)cn1.Oc1cccc(Cl)c1. The lowest BCUT2D eigenvalue weighted by Gasteiger charge is -2.07. The number of rotatable bonds is 11. The first-order valence-electron chi connectivity index (χ1n) is 23.9. The van der Waals surface area contributed by atoms with Crippen LogP contribution in [0.3, 0.4) is 0 Å². The Labute approximate surface area is 511 Å². The third-order valence-corrected chi connectivity index (χ3v) is 11.0. The van der Waals surface area contributed by atoms with Crippen LogP contribution in [0, 0.1) is 20.2 Å². The van der Waals surface area contributed by atoms with E-state index in [-0.39, 0.29) is 39.9 Å². The lowest BCUT2D eigenvalue weighted by atomic mass is 10.3. The molecule has 0 saturated heterocycles. The highest BCUT2D eigenvalue weighted by Crippen LogP contribution is 2.27. The van der Waals surface area contributed by atoms with Crippen molar-refractivity contribution in [2.45, 2.75) is 0 Å². The van der Waals surface area contributed by atoms with Crippen LogP contribution in [-0.4, -0.2) is 71.4 Å². The molecule has 6 heterocycles. The molecular formula is C56H43Cl5N12O13. The van der Waals surface area contributed by atoms with Gasteiger partial charge in [0.2, 0.25) is 0 Å². The van der Waals surface area contributed by atoms with Crippen LogP contribution in [0.25, 0.3) is 0 Å². The van der Waals surface area contributed by atoms with Gasteiger partial charge in [0.05, 0.1) is 17.4 Å². The molecule has 4 aromatic carbocycles. The number of carbonyl (C=O) groups is 2. The largest absolute Gasteiger partial charge is 0.508 e. The maximum atomic E-state index is 12.1. The molecule has 0 bridgehead atoms. The van der Waals surface area contributed by atoms with Gasteiger partial charge in [-0.15, -0.1) is 0 Å². The Hall–Kier alpha value is -10.6. The second kappa shape index (κ2) is 33.5. The minimum atomic E-state index is -1.14. The van der Waals surface area contributed by atoms with Crippen molar-refractivity contribution in [1.82, 2.24) is 39.5 Å². The number of anilines is 2. The molecule has 440 valence electrons. The molecule has 5 N–H and O–H groups in total. The van der Waals surface area contributed by atoms with Gasteiger partial charge in [-0.25, -0.2) is 24.1 Å². The van der Waals surface area contributed by atoms with Crippen molar-refractivity contribution in [3.05, 3.63) is 272 Å². The fourth-order valence-corrected chi connectivity index (χ4v) is 6.72. The Morgan fingerprint density at radius 2 is 0.919 bits per heavy atom. The van der Waals surface area contributed by atoms with Crippen LogP contribution >= 0.6 is 58.0 Å². The van der Waals surface area contributed by atoms with Crippen LogP contribution in [0.1, 0.15) is 21.0 Å². The number of nitro groups is 2. The van der Waals surface area contributed by atoms with Gasteiger partial charge in [0.1, 0.15) is 51.8 Å². The monoisotopic (exact) mass is 1270 g/mol. The van der Waals surface area contributed by atoms with Crippen molar-refractivity contribution in [2.75, 3.05) is 11.1 Å². The summed E-state index contributed by atoms with van der Waals surface area (Å²) < 4.78 is 18.6. The average Bonchev–Trinajstić information content (AvgIpc) is 3.54. The minimum Gasteiger partial charge on any atom is -0.508 e. The number of carbonyl (C=O) groups excluding carboxylic acids is 1. The summed E-state index contributed by atoms with van der Waals surface area (Å²) in [5.41, 5.74) is 4.82. The number of nitrogens with two attached hydrogens (primary N) is 1. The minimum absolute atomic E-state index is 0.114. The summed E-state index contributed by atoms with van der Waals surface area (Å²) in [4.78, 5) is 78.8. The van der Waals surface area contributed by atoms with Gasteiger partial charge in [-0.1, -0.05) is 82.3 Å². The topological polar surface area (TPSA) is 348 Å². The number of benzene rings is 4. The quantitative estimate of drug-likeness (QED) is 0.0690. The number of carboxylic acids is 1. The summed E-state index contributed by atoms with van der Waals surface area (Å²) in [6, 6.07) is 44.5. The molecule has 10 rings (SSSR count). The van der Waals surface area contributed by atoms with Crippen molar-refractivity contribution in [3.63, 3.8) is 0 Å². The van der Waals surface area contributed by atoms with E-state index >= 15 is 0 Å². The van der Waals surface area contributed by atoms with Crippen LogP contribution < -0.4 is 36.4 Å². The van der Waals surface area contributed by atoms with E-state index in [1.54, 1.807) is 109 Å². The van der Waals surface area contributed by atoms with Crippen molar-refractivity contribution < 1.29 is 43.9 Å². The second-order valence-corrected chi connectivity index (χ2v) is 18.5. The zero-order valence-corrected chi connectivity index (χ0v) is 48.1. The zero-order chi connectivity index (χ0) is 62.7. The number of hydrogen-bond donors (Lipinski definition) is 4. The number of nitrogens with zero attached hydrogens (tertiary/aromatic N) is 10. The Morgan fingerprint density at radius 3 is 1.28 bits per heavy atom. The zero-order valence-electron chi connectivity index (χ0n) is 44.3. The molecule has 6 aromatic heterocycles. The first-order chi connectivity index (χ1) is 41.0. The molecule has 10 aromatic rings. The maximum Gasteiger partial charge on any atom is 0.363 e. The lowest BCUT2D eigenvalue weighted by Crippen LogP contribution is -2.23. The van der Waals surface area contributed by atoms with E-state index in [2.05, 4.69) is 35.5 Å². The van der Waals surface area contributed by atoms with Crippen molar-refractivity contribution in [2.24, 2.45) is 14.1 Å². The molecule has 0 atom stereocenters. The standard InChI is InChI=1S/C17H13ClN4O3.C11H7ClN2O3.C11H9ClN2O.C6H5ClO.C6H6N2O3.C5H3ClN2O2/c1-22-16(23)8-6-14(21-22)17(24)20-15-7-5-13(10-19-15)25-12-4-2-3-11(18)9-12;12-8-2-1-3-9(6-8)17-10-4-5-11(13-7-10)14(15)16;12-8-2-1-3-9(6-8)15-10-4-5-11(13)14-7-10;7-5-2-1-3-6(8)4-5;1-8-5(9)3-2-4(7-8)6(10)11;6-4-1-2-5(7-3-4)8(9)10/h2-10H,1H3,(H,19,20,24);1-7H;1-7H,(H2,13,14);1-4,8H;2-3H,1H3,(H,10,11);1-3H. The molecular weight excluding hydrogens is 1230 g/mol. The smallest absolute Gasteiger partial charge is 0.363 e. The maximum absolute atomic E-state index is 12.1. The van der Waals surface area contributed by atoms with Gasteiger partial charge < -0.3 is 55.7 Å². The average molecular weight is 1270 g/mol. The Morgan fingerprint density at radius 1 is 0.500 bits per heavy atom. The number of aromatic nitrogens is 8. The van der Waals surface area contributed by atoms with Gasteiger partial charge in [0, 0.05) is 58.5 Å². The highest BCUT2D eigenvalue weighted by Gasteiger charge is 2.12. The third-order valence-electron chi connectivity index (χ3n) is 9.82. The Balaban J connectivity index is 0.000000196. The molecule has 25 nitrogen and oxygen atoms in total. The summed E-state index contributed by atoms with van der Waals surface area (Å²) in [6.45, 7) is 0. The highest BCUT2D eigenvalue weighted by molar-refractivity contribution is 6.31.